The number of carbonyl (C=O) groups is 1. The number of amides is 1. The molecule has 0 N–H and O–H groups in total. The second-order valence-corrected chi connectivity index (χ2v) is 5.27. The summed E-state index contributed by atoms with van der Waals surface area (Å²) in [7, 11) is 0. The first-order chi connectivity index (χ1) is 7.22. The van der Waals surface area contributed by atoms with Gasteiger partial charge in [0.15, 0.2) is 0 Å². The molecule has 1 aliphatic heterocycles. The van der Waals surface area contributed by atoms with Crippen LogP contribution in [0.4, 0.5) is 0 Å². The molecule has 2 fully saturated rings. The summed E-state index contributed by atoms with van der Waals surface area (Å²) in [6.45, 7) is 7.23. The molecule has 3 atom stereocenters. The van der Waals surface area contributed by atoms with Gasteiger partial charge < -0.3 is 9.80 Å². The smallest absolute Gasteiger partial charge is 0.209 e. The van der Waals surface area contributed by atoms with Crippen molar-refractivity contribution in [2.24, 2.45) is 11.8 Å². The lowest BCUT2D eigenvalue weighted by Crippen LogP contribution is -2.31. The number of rotatable bonds is 3. The van der Waals surface area contributed by atoms with E-state index in [1.54, 1.807) is 0 Å². The summed E-state index contributed by atoms with van der Waals surface area (Å²) in [6, 6.07) is 0. The molecule has 2 rings (SSSR count). The van der Waals surface area contributed by atoms with Crippen molar-refractivity contribution < 1.29 is 4.79 Å². The highest BCUT2D eigenvalue weighted by molar-refractivity contribution is 6.23. The van der Waals surface area contributed by atoms with Gasteiger partial charge in [0.2, 0.25) is 6.41 Å². The van der Waals surface area contributed by atoms with Crippen LogP contribution in [-0.2, 0) is 4.79 Å². The maximum atomic E-state index is 10.6. The van der Waals surface area contributed by atoms with E-state index in [0.29, 0.717) is 17.2 Å². The van der Waals surface area contributed by atoms with Crippen molar-refractivity contribution in [1.82, 2.24) is 9.80 Å². The van der Waals surface area contributed by atoms with Crippen LogP contribution in [-0.4, -0.2) is 54.3 Å². The fraction of sp³-hybridized carbons (Fsp3) is 0.909. The molecular weight excluding hydrogens is 212 g/mol. The van der Waals surface area contributed by atoms with Crippen molar-refractivity contribution in [3.05, 3.63) is 0 Å². The molecule has 1 saturated heterocycles. The highest BCUT2D eigenvalue weighted by atomic mass is 35.5. The lowest BCUT2D eigenvalue weighted by atomic mass is 10.3. The highest BCUT2D eigenvalue weighted by Gasteiger charge is 2.45. The topological polar surface area (TPSA) is 23.6 Å². The van der Waals surface area contributed by atoms with Gasteiger partial charge in [-0.15, -0.1) is 11.6 Å². The number of carbonyl (C=O) groups excluding carboxylic acids is 1. The minimum Gasteiger partial charge on any atom is -0.344 e. The normalized spacial score (nSPS) is 37.5. The van der Waals surface area contributed by atoms with Crippen LogP contribution in [0.15, 0.2) is 0 Å². The first-order valence-corrected chi connectivity index (χ1v) is 6.22. The van der Waals surface area contributed by atoms with Gasteiger partial charge in [-0.25, -0.2) is 0 Å². The van der Waals surface area contributed by atoms with Gasteiger partial charge in [0.25, 0.3) is 0 Å². The Hall–Kier alpha value is -0.280. The van der Waals surface area contributed by atoms with Crippen LogP contribution in [0.25, 0.3) is 0 Å². The molecule has 0 bridgehead atoms. The van der Waals surface area contributed by atoms with Crippen molar-refractivity contribution in [3.63, 3.8) is 0 Å². The van der Waals surface area contributed by atoms with Crippen molar-refractivity contribution >= 4 is 18.0 Å². The van der Waals surface area contributed by atoms with Gasteiger partial charge in [-0.3, -0.25) is 4.79 Å². The predicted octanol–water partition coefficient (Wildman–Crippen LogP) is 1.02. The zero-order valence-electron chi connectivity index (χ0n) is 9.23. The number of hydrogen-bond acceptors (Lipinski definition) is 2. The molecule has 1 saturated carbocycles. The lowest BCUT2D eigenvalue weighted by molar-refractivity contribution is -0.118. The van der Waals surface area contributed by atoms with Gasteiger partial charge in [-0.2, -0.15) is 0 Å². The summed E-state index contributed by atoms with van der Waals surface area (Å²) in [6.07, 6.45) is 2.06. The Kier molecular flexibility index (Phi) is 3.52. The fourth-order valence-corrected chi connectivity index (χ4v) is 2.75. The van der Waals surface area contributed by atoms with Crippen molar-refractivity contribution in [2.75, 3.05) is 32.7 Å². The Labute approximate surface area is 96.4 Å². The summed E-state index contributed by atoms with van der Waals surface area (Å²) in [5.41, 5.74) is 0. The Bertz CT molecular complexity index is 229. The SMILES string of the molecule is C[C@@H]1[C@@H](Cl)[C@H]1CN1CCCN(C=O)CC1. The van der Waals surface area contributed by atoms with Crippen LogP contribution in [0.2, 0.25) is 0 Å². The van der Waals surface area contributed by atoms with Gasteiger partial charge in [0.1, 0.15) is 0 Å². The maximum Gasteiger partial charge on any atom is 0.209 e. The van der Waals surface area contributed by atoms with Crippen molar-refractivity contribution in [2.45, 2.75) is 18.7 Å². The molecule has 4 heteroatoms. The third-order valence-electron chi connectivity index (χ3n) is 3.69. The molecule has 0 aromatic carbocycles. The molecule has 1 heterocycles. The number of nitrogens with zero attached hydrogens (tertiary/aromatic N) is 2. The first kappa shape index (κ1) is 11.2. The van der Waals surface area contributed by atoms with Crippen molar-refractivity contribution in [3.8, 4) is 0 Å². The van der Waals surface area contributed by atoms with Gasteiger partial charge in [-0.1, -0.05) is 6.92 Å². The van der Waals surface area contributed by atoms with E-state index in [0.717, 1.165) is 45.6 Å². The molecule has 0 unspecified atom stereocenters. The predicted molar refractivity (Wildman–Crippen MR) is 61.0 cm³/mol. The standard InChI is InChI=1S/C11H19ClN2O/c1-9-10(11(9)12)7-13-3-2-4-14(8-15)6-5-13/h8-11H,2-7H2,1H3/t9-,10-,11+/m0/s1. The molecule has 0 radical (unpaired) electrons. The fourth-order valence-electron chi connectivity index (χ4n) is 2.34. The molecule has 3 nitrogen and oxygen atoms in total. The average Bonchev–Trinajstić information content (AvgIpc) is 2.88. The first-order valence-electron chi connectivity index (χ1n) is 5.78. The summed E-state index contributed by atoms with van der Waals surface area (Å²) in [4.78, 5) is 15.0. The van der Waals surface area contributed by atoms with Crippen LogP contribution in [0.5, 0.6) is 0 Å². The molecule has 0 aromatic rings. The van der Waals surface area contributed by atoms with E-state index < -0.39 is 0 Å². The Morgan fingerprint density at radius 3 is 2.67 bits per heavy atom. The maximum absolute atomic E-state index is 10.6. The summed E-state index contributed by atoms with van der Waals surface area (Å²) >= 11 is 6.13. The zero-order valence-corrected chi connectivity index (χ0v) is 9.99. The minimum absolute atomic E-state index is 0.385. The quantitative estimate of drug-likeness (QED) is 0.534. The number of alkyl halides is 1. The second kappa shape index (κ2) is 4.71. The third-order valence-corrected chi connectivity index (χ3v) is 4.41. The Morgan fingerprint density at radius 1 is 1.33 bits per heavy atom. The van der Waals surface area contributed by atoms with Gasteiger partial charge >= 0.3 is 0 Å². The summed E-state index contributed by atoms with van der Waals surface area (Å²) < 4.78 is 0. The van der Waals surface area contributed by atoms with Crippen LogP contribution in [0.3, 0.4) is 0 Å². The molecule has 2 aliphatic rings. The van der Waals surface area contributed by atoms with Crippen LogP contribution in [0.1, 0.15) is 13.3 Å². The molecule has 1 aliphatic carbocycles. The van der Waals surface area contributed by atoms with Crippen molar-refractivity contribution in [1.29, 1.82) is 0 Å². The monoisotopic (exact) mass is 230 g/mol. The Morgan fingerprint density at radius 2 is 2.07 bits per heavy atom. The van der Waals surface area contributed by atoms with E-state index in [2.05, 4.69) is 11.8 Å². The van der Waals surface area contributed by atoms with Crippen LogP contribution < -0.4 is 0 Å². The zero-order chi connectivity index (χ0) is 10.8. The average molecular weight is 231 g/mol. The summed E-state index contributed by atoms with van der Waals surface area (Å²) in [5.74, 6) is 1.35. The Balaban J connectivity index is 1.76. The van der Waals surface area contributed by atoms with Gasteiger partial charge in [0.05, 0.1) is 0 Å². The molecule has 86 valence electrons. The van der Waals surface area contributed by atoms with Crippen LogP contribution >= 0.6 is 11.6 Å². The van der Waals surface area contributed by atoms with E-state index in [9.17, 15) is 4.79 Å². The lowest BCUT2D eigenvalue weighted by Gasteiger charge is -2.19. The van der Waals surface area contributed by atoms with Crippen LogP contribution in [0, 0.1) is 11.8 Å². The minimum atomic E-state index is 0.385. The molecule has 0 spiro atoms. The highest BCUT2D eigenvalue weighted by Crippen LogP contribution is 2.43. The summed E-state index contributed by atoms with van der Waals surface area (Å²) in [5, 5.41) is 0.385. The number of hydrogen-bond donors (Lipinski definition) is 0. The van der Waals surface area contributed by atoms with E-state index in [4.69, 9.17) is 11.6 Å². The molecule has 15 heavy (non-hydrogen) atoms. The number of halogens is 1. The second-order valence-electron chi connectivity index (χ2n) is 4.76. The van der Waals surface area contributed by atoms with Gasteiger partial charge in [-0.05, 0) is 24.8 Å². The molecule has 1 amide bonds. The van der Waals surface area contributed by atoms with E-state index in [-0.39, 0.29) is 0 Å². The van der Waals surface area contributed by atoms with E-state index in [1.165, 1.54) is 0 Å². The molecular formula is C11H19ClN2O. The van der Waals surface area contributed by atoms with Gasteiger partial charge in [0, 0.05) is 31.6 Å². The molecule has 0 aromatic heterocycles. The third kappa shape index (κ3) is 2.64. The van der Waals surface area contributed by atoms with E-state index in [1.807, 2.05) is 4.90 Å². The largest absolute Gasteiger partial charge is 0.344 e. The van der Waals surface area contributed by atoms with E-state index >= 15 is 0 Å².